The molecule has 7 aromatic carbocycles. The molecule has 7 aromatic rings. The molecule has 39 heavy (non-hydrogen) atoms. The molecule has 0 unspecified atom stereocenters. The summed E-state index contributed by atoms with van der Waals surface area (Å²) >= 11 is 0. The number of aliphatic hydroxyl groups excluding tert-OH is 1. The van der Waals surface area contributed by atoms with E-state index in [2.05, 4.69) is 128 Å². The number of benzene rings is 7. The Balaban J connectivity index is 1.60. The Labute approximate surface area is 228 Å². The second-order valence-electron chi connectivity index (χ2n) is 10.3. The molecule has 0 bridgehead atoms. The molecule has 0 saturated carbocycles. The van der Waals surface area contributed by atoms with Gasteiger partial charge in [-0.15, -0.1) is 0 Å². The predicted molar refractivity (Wildman–Crippen MR) is 166 cm³/mol. The second-order valence-corrected chi connectivity index (χ2v) is 10.3. The van der Waals surface area contributed by atoms with Crippen LogP contribution in [0.5, 0.6) is 0 Å². The summed E-state index contributed by atoms with van der Waals surface area (Å²) in [5, 5.41) is 17.3. The molecule has 0 aliphatic rings. The molecular formula is C38H28O. The first-order valence-electron chi connectivity index (χ1n) is 13.4. The van der Waals surface area contributed by atoms with Gasteiger partial charge >= 0.3 is 0 Å². The van der Waals surface area contributed by atoms with E-state index in [0.29, 0.717) is 0 Å². The van der Waals surface area contributed by atoms with Crippen molar-refractivity contribution < 1.29 is 5.11 Å². The molecule has 1 nitrogen and oxygen atoms in total. The maximum Gasteiger partial charge on any atom is 0.0682 e. The summed E-state index contributed by atoms with van der Waals surface area (Å²) in [4.78, 5) is 0. The molecule has 0 amide bonds. The second kappa shape index (κ2) is 9.54. The highest BCUT2D eigenvalue weighted by Crippen LogP contribution is 2.45. The Hall–Kier alpha value is -4.72. The molecule has 186 valence electrons. The fourth-order valence-electron chi connectivity index (χ4n) is 5.97. The van der Waals surface area contributed by atoms with Gasteiger partial charge in [0.25, 0.3) is 0 Å². The van der Waals surface area contributed by atoms with E-state index in [9.17, 15) is 5.11 Å². The van der Waals surface area contributed by atoms with Gasteiger partial charge in [0, 0.05) is 0 Å². The van der Waals surface area contributed by atoms with Crippen LogP contribution in [-0.2, 0) is 6.61 Å². The van der Waals surface area contributed by atoms with Crippen molar-refractivity contribution >= 4 is 32.3 Å². The maximum atomic E-state index is 9.93. The Morgan fingerprint density at radius 2 is 1.05 bits per heavy atom. The molecule has 0 saturated heterocycles. The molecule has 0 aliphatic heterocycles. The van der Waals surface area contributed by atoms with E-state index < -0.39 is 0 Å². The van der Waals surface area contributed by atoms with E-state index in [1.165, 1.54) is 65.7 Å². The van der Waals surface area contributed by atoms with Gasteiger partial charge < -0.3 is 5.11 Å². The van der Waals surface area contributed by atoms with Gasteiger partial charge in [-0.1, -0.05) is 121 Å². The summed E-state index contributed by atoms with van der Waals surface area (Å²) < 4.78 is 0. The number of hydrogen-bond acceptors (Lipinski definition) is 1. The zero-order chi connectivity index (χ0) is 26.3. The molecule has 0 aliphatic carbocycles. The third-order valence-electron chi connectivity index (χ3n) is 7.81. The van der Waals surface area contributed by atoms with E-state index in [0.717, 1.165) is 11.1 Å². The number of aliphatic hydroxyl groups is 1. The largest absolute Gasteiger partial charge is 0.392 e. The first-order chi connectivity index (χ1) is 19.2. The summed E-state index contributed by atoms with van der Waals surface area (Å²) in [6, 6.07) is 48.0. The van der Waals surface area contributed by atoms with Crippen molar-refractivity contribution in [2.75, 3.05) is 0 Å². The van der Waals surface area contributed by atoms with Crippen LogP contribution < -0.4 is 0 Å². The molecule has 0 radical (unpaired) electrons. The number of rotatable bonds is 4. The minimum absolute atomic E-state index is 0.0213. The lowest BCUT2D eigenvalue weighted by molar-refractivity contribution is 0.282. The van der Waals surface area contributed by atoms with Crippen LogP contribution in [-0.4, -0.2) is 5.11 Å². The average Bonchev–Trinajstić information content (AvgIpc) is 2.99. The molecule has 0 fully saturated rings. The van der Waals surface area contributed by atoms with Crippen molar-refractivity contribution in [2.45, 2.75) is 13.5 Å². The van der Waals surface area contributed by atoms with Crippen LogP contribution in [0.2, 0.25) is 0 Å². The van der Waals surface area contributed by atoms with Crippen LogP contribution in [0.25, 0.3) is 65.7 Å². The van der Waals surface area contributed by atoms with Crippen LogP contribution in [0.1, 0.15) is 11.1 Å². The zero-order valence-electron chi connectivity index (χ0n) is 21.9. The van der Waals surface area contributed by atoms with Gasteiger partial charge in [-0.05, 0) is 96.4 Å². The molecule has 0 aromatic heterocycles. The lowest BCUT2D eigenvalue weighted by Gasteiger charge is -2.19. The van der Waals surface area contributed by atoms with Crippen LogP contribution in [0.15, 0.2) is 133 Å². The highest BCUT2D eigenvalue weighted by Gasteiger charge is 2.18. The van der Waals surface area contributed by atoms with Crippen LogP contribution in [0.4, 0.5) is 0 Å². The van der Waals surface area contributed by atoms with Gasteiger partial charge in [0.05, 0.1) is 6.61 Å². The third kappa shape index (κ3) is 4.09. The predicted octanol–water partition coefficient (Wildman–Crippen LogP) is 9.95. The quantitative estimate of drug-likeness (QED) is 0.238. The lowest BCUT2D eigenvalue weighted by Crippen LogP contribution is -1.93. The topological polar surface area (TPSA) is 20.2 Å². The van der Waals surface area contributed by atoms with Crippen molar-refractivity contribution in [3.05, 3.63) is 145 Å². The van der Waals surface area contributed by atoms with Crippen LogP contribution >= 0.6 is 0 Å². The maximum absolute atomic E-state index is 9.93. The highest BCUT2D eigenvalue weighted by atomic mass is 16.3. The van der Waals surface area contributed by atoms with E-state index in [1.807, 2.05) is 12.1 Å². The first kappa shape index (κ1) is 23.4. The summed E-state index contributed by atoms with van der Waals surface area (Å²) in [5.74, 6) is 0. The minimum Gasteiger partial charge on any atom is -0.392 e. The molecule has 1 N–H and O–H groups in total. The highest BCUT2D eigenvalue weighted by molar-refractivity contribution is 6.22. The molecule has 7 rings (SSSR count). The fourth-order valence-corrected chi connectivity index (χ4v) is 5.97. The van der Waals surface area contributed by atoms with Gasteiger partial charge in [-0.25, -0.2) is 0 Å². The standard InChI is InChI=1S/C38H28O/c1-25-8-6-12-31(20-25)37-33-14-4-5-15-34(33)38(32-13-7-9-26(21-32)24-39)36-23-30(18-19-35(36)37)29-17-16-27-10-2-3-11-28(27)22-29/h2-23,39H,24H2,1H3. The number of fused-ring (bicyclic) bond motifs is 3. The SMILES string of the molecule is Cc1cccc(-c2c3ccccc3c(-c3cccc(CO)c3)c3cc(-c4ccc5ccccc5c4)ccc23)c1. The Bertz CT molecular complexity index is 2010. The molecule has 0 atom stereocenters. The molecule has 0 heterocycles. The summed E-state index contributed by atoms with van der Waals surface area (Å²) in [5.41, 5.74) is 9.37. The van der Waals surface area contributed by atoms with Gasteiger partial charge in [0.15, 0.2) is 0 Å². The van der Waals surface area contributed by atoms with E-state index in [1.54, 1.807) is 0 Å². The minimum atomic E-state index is 0.0213. The molecule has 1 heteroatoms. The van der Waals surface area contributed by atoms with Crippen molar-refractivity contribution in [3.8, 4) is 33.4 Å². The van der Waals surface area contributed by atoms with Gasteiger partial charge in [-0.3, -0.25) is 0 Å². The van der Waals surface area contributed by atoms with E-state index in [4.69, 9.17) is 0 Å². The van der Waals surface area contributed by atoms with Gasteiger partial charge in [0.1, 0.15) is 0 Å². The average molecular weight is 501 g/mol. The summed E-state index contributed by atoms with van der Waals surface area (Å²) in [7, 11) is 0. The lowest BCUT2D eigenvalue weighted by atomic mass is 9.84. The Morgan fingerprint density at radius 1 is 0.436 bits per heavy atom. The Morgan fingerprint density at radius 3 is 1.82 bits per heavy atom. The van der Waals surface area contributed by atoms with Crippen molar-refractivity contribution in [3.63, 3.8) is 0 Å². The summed E-state index contributed by atoms with van der Waals surface area (Å²) in [6.45, 7) is 2.17. The Kier molecular flexibility index (Phi) is 5.73. The molecule has 0 spiro atoms. The van der Waals surface area contributed by atoms with E-state index in [-0.39, 0.29) is 6.61 Å². The molecular weight excluding hydrogens is 472 g/mol. The number of aryl methyl sites for hydroxylation is 1. The van der Waals surface area contributed by atoms with Crippen molar-refractivity contribution in [1.82, 2.24) is 0 Å². The van der Waals surface area contributed by atoms with Gasteiger partial charge in [-0.2, -0.15) is 0 Å². The fraction of sp³-hybridized carbons (Fsp3) is 0.0526. The number of hydrogen-bond donors (Lipinski definition) is 1. The van der Waals surface area contributed by atoms with Crippen LogP contribution in [0.3, 0.4) is 0 Å². The normalized spacial score (nSPS) is 11.4. The summed E-state index contributed by atoms with van der Waals surface area (Å²) in [6.07, 6.45) is 0. The first-order valence-corrected chi connectivity index (χ1v) is 13.4. The smallest absolute Gasteiger partial charge is 0.0682 e. The van der Waals surface area contributed by atoms with E-state index >= 15 is 0 Å². The van der Waals surface area contributed by atoms with Crippen LogP contribution in [0, 0.1) is 6.92 Å². The van der Waals surface area contributed by atoms with Gasteiger partial charge in [0.2, 0.25) is 0 Å². The van der Waals surface area contributed by atoms with Crippen molar-refractivity contribution in [2.24, 2.45) is 0 Å². The zero-order valence-corrected chi connectivity index (χ0v) is 21.9. The third-order valence-corrected chi connectivity index (χ3v) is 7.81. The monoisotopic (exact) mass is 500 g/mol. The van der Waals surface area contributed by atoms with Crippen molar-refractivity contribution in [1.29, 1.82) is 0 Å².